The lowest BCUT2D eigenvalue weighted by Crippen LogP contribution is -2.12. The fraction of sp³-hybridized carbons (Fsp3) is 0.308. The van der Waals surface area contributed by atoms with E-state index in [1.165, 1.54) is 5.56 Å². The van der Waals surface area contributed by atoms with Crippen LogP contribution in [0, 0.1) is 0 Å². The third-order valence-electron chi connectivity index (χ3n) is 2.20. The molecule has 3 heteroatoms. The van der Waals surface area contributed by atoms with Crippen LogP contribution >= 0.6 is 0 Å². The van der Waals surface area contributed by atoms with Gasteiger partial charge in [0.05, 0.1) is 0 Å². The summed E-state index contributed by atoms with van der Waals surface area (Å²) < 4.78 is 4.84. The number of hydrogen-bond acceptors (Lipinski definition) is 3. The highest BCUT2D eigenvalue weighted by Gasteiger charge is 1.95. The molecule has 0 aromatic heterocycles. The molecule has 86 valence electrons. The van der Waals surface area contributed by atoms with Crippen LogP contribution in [0.15, 0.2) is 36.9 Å². The second-order valence-corrected chi connectivity index (χ2v) is 3.35. The topological polar surface area (TPSA) is 38.3 Å². The van der Waals surface area contributed by atoms with E-state index in [4.69, 9.17) is 4.74 Å². The van der Waals surface area contributed by atoms with Crippen molar-refractivity contribution in [2.75, 3.05) is 18.5 Å². The van der Waals surface area contributed by atoms with Gasteiger partial charge in [0.2, 0.25) is 0 Å². The lowest BCUT2D eigenvalue weighted by Gasteiger charge is -2.07. The Morgan fingerprint density at radius 1 is 1.44 bits per heavy atom. The number of anilines is 1. The van der Waals surface area contributed by atoms with Crippen molar-refractivity contribution in [2.45, 2.75) is 13.3 Å². The van der Waals surface area contributed by atoms with Gasteiger partial charge in [-0.25, -0.2) is 4.79 Å². The van der Waals surface area contributed by atoms with Gasteiger partial charge >= 0.3 is 5.97 Å². The lowest BCUT2D eigenvalue weighted by molar-refractivity contribution is -0.137. The number of carbonyl (C=O) groups is 1. The number of benzene rings is 1. The fourth-order valence-corrected chi connectivity index (χ4v) is 1.26. The maximum absolute atomic E-state index is 10.7. The van der Waals surface area contributed by atoms with Crippen molar-refractivity contribution in [1.82, 2.24) is 0 Å². The zero-order chi connectivity index (χ0) is 11.8. The van der Waals surface area contributed by atoms with Gasteiger partial charge in [-0.2, -0.15) is 0 Å². The maximum atomic E-state index is 10.7. The number of aryl methyl sites for hydroxylation is 1. The zero-order valence-corrected chi connectivity index (χ0v) is 9.53. The minimum absolute atomic E-state index is 0.348. The van der Waals surface area contributed by atoms with Gasteiger partial charge in [0, 0.05) is 18.3 Å². The number of ether oxygens (including phenoxy) is 1. The lowest BCUT2D eigenvalue weighted by atomic mass is 10.1. The third kappa shape index (κ3) is 4.17. The SMILES string of the molecule is C=CC(=O)OCCNc1ccc(CC)cc1. The van der Waals surface area contributed by atoms with E-state index in [1.54, 1.807) is 0 Å². The van der Waals surface area contributed by atoms with E-state index in [0.717, 1.165) is 18.2 Å². The van der Waals surface area contributed by atoms with Crippen LogP contribution in [0.3, 0.4) is 0 Å². The molecule has 0 unspecified atom stereocenters. The number of carbonyl (C=O) groups excluding carboxylic acids is 1. The van der Waals surface area contributed by atoms with Crippen molar-refractivity contribution in [3.8, 4) is 0 Å². The van der Waals surface area contributed by atoms with Gasteiger partial charge in [0.1, 0.15) is 6.61 Å². The second-order valence-electron chi connectivity index (χ2n) is 3.35. The van der Waals surface area contributed by atoms with Crippen molar-refractivity contribution in [1.29, 1.82) is 0 Å². The van der Waals surface area contributed by atoms with Gasteiger partial charge in [-0.05, 0) is 24.1 Å². The molecule has 1 aromatic carbocycles. The van der Waals surface area contributed by atoms with E-state index < -0.39 is 0 Å². The monoisotopic (exact) mass is 219 g/mol. The van der Waals surface area contributed by atoms with Crippen molar-refractivity contribution < 1.29 is 9.53 Å². The van der Waals surface area contributed by atoms with Crippen LogP contribution in [0.1, 0.15) is 12.5 Å². The molecule has 0 aliphatic carbocycles. The van der Waals surface area contributed by atoms with Crippen LogP contribution in [0.4, 0.5) is 5.69 Å². The Balaban J connectivity index is 2.26. The standard InChI is InChI=1S/C13H17NO2/c1-3-11-5-7-12(8-6-11)14-9-10-16-13(15)4-2/h4-8,14H,2-3,9-10H2,1H3. The minimum atomic E-state index is -0.386. The Hall–Kier alpha value is -1.77. The molecule has 1 N–H and O–H groups in total. The molecule has 0 amide bonds. The number of hydrogen-bond donors (Lipinski definition) is 1. The fourth-order valence-electron chi connectivity index (χ4n) is 1.26. The summed E-state index contributed by atoms with van der Waals surface area (Å²) in [6, 6.07) is 8.21. The Morgan fingerprint density at radius 2 is 2.12 bits per heavy atom. The van der Waals surface area contributed by atoms with E-state index >= 15 is 0 Å². The number of nitrogens with one attached hydrogen (secondary N) is 1. The minimum Gasteiger partial charge on any atom is -0.461 e. The van der Waals surface area contributed by atoms with Crippen molar-refractivity contribution in [2.24, 2.45) is 0 Å². The van der Waals surface area contributed by atoms with Crippen LogP contribution in [0.2, 0.25) is 0 Å². The van der Waals surface area contributed by atoms with E-state index in [0.29, 0.717) is 13.2 Å². The second kappa shape index (κ2) is 6.67. The van der Waals surface area contributed by atoms with Gasteiger partial charge < -0.3 is 10.1 Å². The Kier molecular flexibility index (Phi) is 5.12. The largest absolute Gasteiger partial charge is 0.461 e. The molecule has 0 saturated carbocycles. The first-order chi connectivity index (χ1) is 7.76. The van der Waals surface area contributed by atoms with Gasteiger partial charge in [-0.1, -0.05) is 25.6 Å². The van der Waals surface area contributed by atoms with E-state index in [-0.39, 0.29) is 5.97 Å². The molecule has 0 spiro atoms. The molecule has 0 bridgehead atoms. The summed E-state index contributed by atoms with van der Waals surface area (Å²) in [6.07, 6.45) is 2.20. The Bertz CT molecular complexity index is 343. The average Bonchev–Trinajstić information content (AvgIpc) is 2.35. The smallest absolute Gasteiger partial charge is 0.330 e. The van der Waals surface area contributed by atoms with Crippen LogP contribution in [-0.4, -0.2) is 19.1 Å². The number of rotatable bonds is 6. The maximum Gasteiger partial charge on any atom is 0.330 e. The average molecular weight is 219 g/mol. The van der Waals surface area contributed by atoms with Gasteiger partial charge in [-0.15, -0.1) is 0 Å². The molecule has 3 nitrogen and oxygen atoms in total. The van der Waals surface area contributed by atoms with Crippen LogP contribution in [0.5, 0.6) is 0 Å². The summed E-state index contributed by atoms with van der Waals surface area (Å²) in [4.78, 5) is 10.7. The summed E-state index contributed by atoms with van der Waals surface area (Å²) in [6.45, 7) is 6.39. The number of esters is 1. The van der Waals surface area contributed by atoms with E-state index in [9.17, 15) is 4.79 Å². The summed E-state index contributed by atoms with van der Waals surface area (Å²) in [5.74, 6) is -0.386. The Morgan fingerprint density at radius 3 is 2.69 bits per heavy atom. The summed E-state index contributed by atoms with van der Waals surface area (Å²) >= 11 is 0. The highest BCUT2D eigenvalue weighted by atomic mass is 16.5. The van der Waals surface area contributed by atoms with E-state index in [2.05, 4.69) is 31.0 Å². The molecule has 1 aromatic rings. The first kappa shape index (κ1) is 12.3. The molecule has 16 heavy (non-hydrogen) atoms. The van der Waals surface area contributed by atoms with Crippen LogP contribution in [0.25, 0.3) is 0 Å². The highest BCUT2D eigenvalue weighted by molar-refractivity contribution is 5.81. The van der Waals surface area contributed by atoms with Gasteiger partial charge in [0.25, 0.3) is 0 Å². The predicted octanol–water partition coefficient (Wildman–Crippen LogP) is 2.39. The molecular weight excluding hydrogens is 202 g/mol. The highest BCUT2D eigenvalue weighted by Crippen LogP contribution is 2.09. The quantitative estimate of drug-likeness (QED) is 0.453. The van der Waals surface area contributed by atoms with Crippen molar-refractivity contribution in [3.63, 3.8) is 0 Å². The molecular formula is C13H17NO2. The normalized spacial score (nSPS) is 9.56. The molecule has 0 saturated heterocycles. The predicted molar refractivity (Wildman–Crippen MR) is 65.5 cm³/mol. The molecule has 0 atom stereocenters. The molecule has 0 fully saturated rings. The summed E-state index contributed by atoms with van der Waals surface area (Å²) in [5, 5.41) is 3.16. The van der Waals surface area contributed by atoms with Crippen molar-refractivity contribution >= 4 is 11.7 Å². The zero-order valence-electron chi connectivity index (χ0n) is 9.53. The molecule has 0 radical (unpaired) electrons. The first-order valence-corrected chi connectivity index (χ1v) is 5.38. The molecule has 0 heterocycles. The van der Waals surface area contributed by atoms with Crippen LogP contribution in [-0.2, 0) is 16.0 Å². The molecule has 0 aliphatic heterocycles. The summed E-state index contributed by atoms with van der Waals surface area (Å²) in [7, 11) is 0. The van der Waals surface area contributed by atoms with Gasteiger partial charge in [-0.3, -0.25) is 0 Å². The Labute approximate surface area is 96.1 Å². The summed E-state index contributed by atoms with van der Waals surface area (Å²) in [5.41, 5.74) is 2.34. The molecule has 1 rings (SSSR count). The first-order valence-electron chi connectivity index (χ1n) is 5.38. The molecule has 0 aliphatic rings. The van der Waals surface area contributed by atoms with E-state index in [1.807, 2.05) is 12.1 Å². The van der Waals surface area contributed by atoms with Crippen LogP contribution < -0.4 is 5.32 Å². The third-order valence-corrected chi connectivity index (χ3v) is 2.20. The van der Waals surface area contributed by atoms with Crippen molar-refractivity contribution in [3.05, 3.63) is 42.5 Å². The van der Waals surface area contributed by atoms with Gasteiger partial charge in [0.15, 0.2) is 0 Å².